The third-order valence-electron chi connectivity index (χ3n) is 2.50. The van der Waals surface area contributed by atoms with Crippen LogP contribution in [0.5, 0.6) is 0 Å². The summed E-state index contributed by atoms with van der Waals surface area (Å²) in [4.78, 5) is 0. The summed E-state index contributed by atoms with van der Waals surface area (Å²) in [6.45, 7) is 19.7. The van der Waals surface area contributed by atoms with Crippen LogP contribution in [-0.2, 0) is 0 Å². The molecule has 0 aromatic heterocycles. The minimum absolute atomic E-state index is 1.15. The van der Waals surface area contributed by atoms with Gasteiger partial charge in [-0.05, 0) is 35.4 Å². The van der Waals surface area contributed by atoms with Crippen LogP contribution in [0.15, 0.2) is 37.4 Å². The summed E-state index contributed by atoms with van der Waals surface area (Å²) in [6, 6.07) is 4.21. The lowest BCUT2D eigenvalue weighted by molar-refractivity contribution is 1.45. The Balaban J connectivity index is 0. The zero-order valence-electron chi connectivity index (χ0n) is 14.0. The summed E-state index contributed by atoms with van der Waals surface area (Å²) in [5.41, 5.74) is 2.35. The highest BCUT2D eigenvalue weighted by molar-refractivity contribution is 5.66. The minimum atomic E-state index is 1.15. The van der Waals surface area contributed by atoms with Gasteiger partial charge in [-0.25, -0.2) is 0 Å². The molecule has 0 aliphatic heterocycles. The molecule has 1 aromatic rings. The van der Waals surface area contributed by atoms with Gasteiger partial charge < -0.3 is 0 Å². The van der Waals surface area contributed by atoms with E-state index in [0.717, 1.165) is 5.56 Å². The normalized spacial score (nSPS) is 11.3. The molecule has 110 valence electrons. The van der Waals surface area contributed by atoms with E-state index in [1.165, 1.54) is 16.0 Å². The third kappa shape index (κ3) is 5.88. The van der Waals surface area contributed by atoms with E-state index in [4.69, 9.17) is 0 Å². The van der Waals surface area contributed by atoms with Crippen LogP contribution in [0.4, 0.5) is 0 Å². The quantitative estimate of drug-likeness (QED) is 0.709. The van der Waals surface area contributed by atoms with Crippen molar-refractivity contribution in [1.82, 2.24) is 0 Å². The molecule has 0 saturated carbocycles. The number of rotatable bonds is 3. The first-order valence-electron chi connectivity index (χ1n) is 7.45. The fourth-order valence-electron chi connectivity index (χ4n) is 1.76. The van der Waals surface area contributed by atoms with Gasteiger partial charge in [0.25, 0.3) is 0 Å². The maximum absolute atomic E-state index is 3.85. The van der Waals surface area contributed by atoms with Gasteiger partial charge in [0.1, 0.15) is 0 Å². The van der Waals surface area contributed by atoms with Crippen LogP contribution in [0.3, 0.4) is 0 Å². The highest BCUT2D eigenvalue weighted by Crippen LogP contribution is 2.06. The Hall–Kier alpha value is -1.82. The van der Waals surface area contributed by atoms with E-state index in [1.54, 1.807) is 0 Å². The maximum Gasteiger partial charge on any atom is -0.0109 e. The van der Waals surface area contributed by atoms with Crippen molar-refractivity contribution in [3.63, 3.8) is 0 Å². The molecule has 0 spiro atoms. The van der Waals surface area contributed by atoms with Gasteiger partial charge >= 0.3 is 0 Å². The maximum atomic E-state index is 3.85. The number of allylic oxidation sites excluding steroid dienone is 2. The smallest absolute Gasteiger partial charge is 0.0109 e. The van der Waals surface area contributed by atoms with Gasteiger partial charge in [-0.2, -0.15) is 0 Å². The van der Waals surface area contributed by atoms with Crippen molar-refractivity contribution in [3.8, 4) is 0 Å². The van der Waals surface area contributed by atoms with Gasteiger partial charge in [0.2, 0.25) is 0 Å². The van der Waals surface area contributed by atoms with Gasteiger partial charge in [-0.15, -0.1) is 0 Å². The average Bonchev–Trinajstić information content (AvgIpc) is 2.53. The first-order chi connectivity index (χ1) is 9.78. The largest absolute Gasteiger partial charge is 0.0990 e. The molecule has 0 heteroatoms. The summed E-state index contributed by atoms with van der Waals surface area (Å²) in [7, 11) is 0. The lowest BCUT2D eigenvalue weighted by atomic mass is 10.0. The van der Waals surface area contributed by atoms with Crippen LogP contribution >= 0.6 is 0 Å². The lowest BCUT2D eigenvalue weighted by Crippen LogP contribution is -2.27. The number of benzene rings is 1. The molecule has 20 heavy (non-hydrogen) atoms. The van der Waals surface area contributed by atoms with E-state index in [0.29, 0.717) is 0 Å². The number of hydrogen-bond acceptors (Lipinski definition) is 0. The fraction of sp³-hybridized carbons (Fsp3) is 0.300. The van der Waals surface area contributed by atoms with Crippen LogP contribution in [0.1, 0.15) is 52.7 Å². The van der Waals surface area contributed by atoms with Crippen molar-refractivity contribution in [2.24, 2.45) is 0 Å². The predicted molar refractivity (Wildman–Crippen MR) is 98.0 cm³/mol. The fourth-order valence-corrected chi connectivity index (χ4v) is 1.76. The van der Waals surface area contributed by atoms with Gasteiger partial charge in [-0.3, -0.25) is 0 Å². The summed E-state index contributed by atoms with van der Waals surface area (Å²) >= 11 is 0. The van der Waals surface area contributed by atoms with Crippen molar-refractivity contribution in [1.29, 1.82) is 0 Å². The van der Waals surface area contributed by atoms with Crippen LogP contribution in [0.25, 0.3) is 24.3 Å². The molecule has 0 saturated heterocycles. The van der Waals surface area contributed by atoms with Crippen molar-refractivity contribution in [2.75, 3.05) is 0 Å². The molecule has 1 rings (SSSR count). The third-order valence-corrected chi connectivity index (χ3v) is 2.50. The van der Waals surface area contributed by atoms with Gasteiger partial charge in [0.05, 0.1) is 0 Å². The molecule has 0 amide bonds. The molecule has 0 radical (unpaired) electrons. The molecule has 0 atom stereocenters. The van der Waals surface area contributed by atoms with E-state index in [2.05, 4.69) is 37.4 Å². The van der Waals surface area contributed by atoms with Crippen molar-refractivity contribution >= 4 is 24.3 Å². The molecule has 0 unspecified atom stereocenters. The summed E-state index contributed by atoms with van der Waals surface area (Å²) < 4.78 is 0. The molecule has 0 fully saturated rings. The first-order valence-corrected chi connectivity index (χ1v) is 7.45. The van der Waals surface area contributed by atoms with E-state index in [-0.39, 0.29) is 0 Å². The van der Waals surface area contributed by atoms with Gasteiger partial charge in [0.15, 0.2) is 0 Å². The predicted octanol–water partition coefficient (Wildman–Crippen LogP) is 5.18. The van der Waals surface area contributed by atoms with E-state index in [1.807, 2.05) is 65.8 Å². The average molecular weight is 270 g/mol. The Morgan fingerprint density at radius 1 is 0.950 bits per heavy atom. The Labute approximate surface area is 125 Å². The Kier molecular flexibility index (Phi) is 13.9. The summed E-state index contributed by atoms with van der Waals surface area (Å²) in [5, 5.41) is 2.42. The summed E-state index contributed by atoms with van der Waals surface area (Å²) in [5.74, 6) is 0. The lowest BCUT2D eigenvalue weighted by Gasteiger charge is -2.03. The molecule has 1 aromatic carbocycles. The van der Waals surface area contributed by atoms with Crippen molar-refractivity contribution in [2.45, 2.75) is 41.5 Å². The SMILES string of the molecule is C=C/C=c1/c(/C=C\C)c(C=C)cc/c1=C/C.CC.CC. The monoisotopic (exact) mass is 270 g/mol. The molecular formula is C20H30. The van der Waals surface area contributed by atoms with Gasteiger partial charge in [-0.1, -0.05) is 89.4 Å². The topological polar surface area (TPSA) is 0 Å². The second-order valence-corrected chi connectivity index (χ2v) is 3.47. The Bertz CT molecular complexity index is 528. The van der Waals surface area contributed by atoms with E-state index >= 15 is 0 Å². The first kappa shape index (κ1) is 20.5. The van der Waals surface area contributed by atoms with Gasteiger partial charge in [0, 0.05) is 0 Å². The molecule has 0 aliphatic carbocycles. The molecular weight excluding hydrogens is 240 g/mol. The molecule has 0 heterocycles. The van der Waals surface area contributed by atoms with Crippen molar-refractivity contribution in [3.05, 3.63) is 59.0 Å². The minimum Gasteiger partial charge on any atom is -0.0990 e. The van der Waals surface area contributed by atoms with Crippen LogP contribution in [0.2, 0.25) is 0 Å². The standard InChI is InChI=1S/C16H18.2C2H6/c1-5-9-15-13(7-3)11-12-14(8-4)16(15)10-6-2;2*1-2/h5-12H,1,4H2,2-3H3;2*1-2H3/b10-6-,13-7-,15-9+;;. The highest BCUT2D eigenvalue weighted by Gasteiger charge is 1.98. The van der Waals surface area contributed by atoms with E-state index < -0.39 is 0 Å². The van der Waals surface area contributed by atoms with Crippen LogP contribution in [-0.4, -0.2) is 0 Å². The molecule has 0 nitrogen and oxygen atoms in total. The number of hydrogen-bond donors (Lipinski definition) is 0. The highest BCUT2D eigenvalue weighted by atomic mass is 14.0. The zero-order valence-corrected chi connectivity index (χ0v) is 14.0. The molecule has 0 N–H and O–H groups in total. The van der Waals surface area contributed by atoms with Crippen LogP contribution < -0.4 is 10.4 Å². The van der Waals surface area contributed by atoms with Crippen molar-refractivity contribution < 1.29 is 0 Å². The van der Waals surface area contributed by atoms with E-state index in [9.17, 15) is 0 Å². The Morgan fingerprint density at radius 3 is 1.95 bits per heavy atom. The second kappa shape index (κ2) is 13.6. The van der Waals surface area contributed by atoms with Crippen LogP contribution in [0, 0.1) is 0 Å². The molecule has 0 aliphatic rings. The zero-order chi connectivity index (χ0) is 16.0. The summed E-state index contributed by atoms with van der Waals surface area (Å²) in [6.07, 6.45) is 12.0. The second-order valence-electron chi connectivity index (χ2n) is 3.47. The Morgan fingerprint density at radius 2 is 1.55 bits per heavy atom. The molecule has 0 bridgehead atoms.